The molecule has 0 amide bonds. The largest absolute Gasteiger partial charge is 0.337 e. The summed E-state index contributed by atoms with van der Waals surface area (Å²) in [6, 6.07) is 14.3. The summed E-state index contributed by atoms with van der Waals surface area (Å²) >= 11 is 18.8. The molecule has 5 rings (SSSR count). The Morgan fingerprint density at radius 2 is 1.69 bits per heavy atom. The molecule has 2 heterocycles. The van der Waals surface area contributed by atoms with Gasteiger partial charge in [-0.3, -0.25) is 0 Å². The van der Waals surface area contributed by atoms with E-state index in [1.165, 1.54) is 0 Å². The minimum Gasteiger partial charge on any atom is -0.337 e. The molecule has 0 radical (unpaired) electrons. The maximum absolute atomic E-state index is 6.36. The fourth-order valence-electron chi connectivity index (χ4n) is 3.27. The first-order valence-corrected chi connectivity index (χ1v) is 11.2. The number of nitrogens with zero attached hydrogens (tertiary/aromatic N) is 1. The summed E-state index contributed by atoms with van der Waals surface area (Å²) in [6.45, 7) is 0. The monoisotopic (exact) mass is 568 g/mol. The summed E-state index contributed by atoms with van der Waals surface area (Å²) < 4.78 is 4.90. The topological polar surface area (TPSA) is 28.7 Å². The van der Waals surface area contributed by atoms with Crippen LogP contribution in [-0.4, -0.2) is 9.97 Å². The molecule has 0 aliphatic heterocycles. The van der Waals surface area contributed by atoms with Crippen molar-refractivity contribution in [2.45, 2.75) is 0 Å². The summed E-state index contributed by atoms with van der Waals surface area (Å²) in [4.78, 5) is 8.48. The molecule has 0 saturated carbocycles. The van der Waals surface area contributed by atoms with E-state index in [4.69, 9.17) is 16.6 Å². The number of rotatable bonds is 1. The van der Waals surface area contributed by atoms with Crippen LogP contribution in [0.25, 0.3) is 43.3 Å². The Hall–Kier alpha value is -0.920. The number of benzene rings is 3. The van der Waals surface area contributed by atoms with Crippen LogP contribution in [0.4, 0.5) is 0 Å². The van der Waals surface area contributed by atoms with E-state index in [2.05, 4.69) is 64.9 Å². The fourth-order valence-corrected chi connectivity index (χ4v) is 6.24. The molecule has 2 nitrogen and oxygen atoms in total. The molecule has 0 atom stereocenters. The van der Waals surface area contributed by atoms with Crippen LogP contribution in [0.2, 0.25) is 4.34 Å². The molecule has 0 fully saturated rings. The molecule has 0 bridgehead atoms. The van der Waals surface area contributed by atoms with E-state index < -0.39 is 0 Å². The number of fused-ring (bicyclic) bond motifs is 6. The Kier molecular flexibility index (Phi) is 4.17. The second-order valence-electron chi connectivity index (χ2n) is 5.89. The molecule has 26 heavy (non-hydrogen) atoms. The SMILES string of the molecule is Clc1cc2c3cc(Br)ccc3c3nc(-c4c(Br)cccc4Br)[nH]c3c2s1. The number of thiophene rings is 1. The van der Waals surface area contributed by atoms with Crippen molar-refractivity contribution in [1.82, 2.24) is 9.97 Å². The zero-order valence-electron chi connectivity index (χ0n) is 12.9. The molecular formula is C19H8Br3ClN2S. The van der Waals surface area contributed by atoms with Gasteiger partial charge in [-0.05, 0) is 67.6 Å². The standard InChI is InChI=1S/C19H8Br3ClN2S/c20-8-4-5-9-10(6-8)11-7-14(23)26-18(11)17-16(9)24-19(25-17)15-12(21)2-1-3-13(15)22/h1-7H,(H,24,25). The van der Waals surface area contributed by atoms with Crippen LogP contribution < -0.4 is 0 Å². The second-order valence-corrected chi connectivity index (χ2v) is 10.2. The number of halogens is 4. The van der Waals surface area contributed by atoms with Crippen LogP contribution in [0.3, 0.4) is 0 Å². The van der Waals surface area contributed by atoms with Crippen LogP contribution in [0.15, 0.2) is 55.9 Å². The Bertz CT molecular complexity index is 1320. The predicted molar refractivity (Wildman–Crippen MR) is 123 cm³/mol. The van der Waals surface area contributed by atoms with Gasteiger partial charge in [0.2, 0.25) is 0 Å². The Balaban J connectivity index is 1.97. The van der Waals surface area contributed by atoms with Gasteiger partial charge in [0.1, 0.15) is 5.82 Å². The number of hydrogen-bond donors (Lipinski definition) is 1. The van der Waals surface area contributed by atoms with E-state index in [0.717, 1.165) is 61.0 Å². The molecule has 0 saturated heterocycles. The Morgan fingerprint density at radius 3 is 2.46 bits per heavy atom. The van der Waals surface area contributed by atoms with Gasteiger partial charge in [0.15, 0.2) is 0 Å². The van der Waals surface area contributed by atoms with E-state index >= 15 is 0 Å². The lowest BCUT2D eigenvalue weighted by Crippen LogP contribution is -1.84. The van der Waals surface area contributed by atoms with Gasteiger partial charge >= 0.3 is 0 Å². The summed E-state index contributed by atoms with van der Waals surface area (Å²) in [7, 11) is 0. The number of hydrogen-bond acceptors (Lipinski definition) is 2. The van der Waals surface area contributed by atoms with Gasteiger partial charge in [0.25, 0.3) is 0 Å². The van der Waals surface area contributed by atoms with Gasteiger partial charge in [0, 0.05) is 29.8 Å². The maximum atomic E-state index is 6.36. The maximum Gasteiger partial charge on any atom is 0.140 e. The summed E-state index contributed by atoms with van der Waals surface area (Å²) in [5, 5.41) is 3.40. The van der Waals surface area contributed by atoms with Crippen molar-refractivity contribution in [1.29, 1.82) is 0 Å². The third kappa shape index (κ3) is 2.58. The number of aromatic nitrogens is 2. The van der Waals surface area contributed by atoms with Gasteiger partial charge in [-0.1, -0.05) is 39.7 Å². The first kappa shape index (κ1) is 17.2. The van der Waals surface area contributed by atoms with E-state index in [9.17, 15) is 0 Å². The van der Waals surface area contributed by atoms with Gasteiger partial charge in [-0.15, -0.1) is 11.3 Å². The van der Waals surface area contributed by atoms with Gasteiger partial charge in [0.05, 0.1) is 20.1 Å². The highest BCUT2D eigenvalue weighted by molar-refractivity contribution is 9.11. The summed E-state index contributed by atoms with van der Waals surface area (Å²) in [5.74, 6) is 0.820. The molecule has 2 aromatic heterocycles. The third-order valence-corrected chi connectivity index (χ3v) is 7.46. The van der Waals surface area contributed by atoms with Crippen molar-refractivity contribution in [3.8, 4) is 11.4 Å². The number of imidazole rings is 1. The van der Waals surface area contributed by atoms with Crippen LogP contribution in [0.1, 0.15) is 0 Å². The van der Waals surface area contributed by atoms with Crippen molar-refractivity contribution >= 4 is 103 Å². The van der Waals surface area contributed by atoms with Gasteiger partial charge in [-0.25, -0.2) is 4.98 Å². The minimum absolute atomic E-state index is 0.770. The van der Waals surface area contributed by atoms with Crippen molar-refractivity contribution in [3.63, 3.8) is 0 Å². The highest BCUT2D eigenvalue weighted by Crippen LogP contribution is 2.43. The lowest BCUT2D eigenvalue weighted by atomic mass is 10.1. The molecule has 0 aliphatic rings. The molecule has 128 valence electrons. The minimum atomic E-state index is 0.770. The quantitative estimate of drug-likeness (QED) is 0.215. The van der Waals surface area contributed by atoms with Gasteiger partial charge < -0.3 is 4.98 Å². The number of H-pyrrole nitrogens is 1. The molecule has 1 N–H and O–H groups in total. The normalized spacial score (nSPS) is 11.8. The highest BCUT2D eigenvalue weighted by atomic mass is 79.9. The smallest absolute Gasteiger partial charge is 0.140 e. The van der Waals surface area contributed by atoms with E-state index in [1.54, 1.807) is 11.3 Å². The molecular weight excluding hydrogens is 563 g/mol. The van der Waals surface area contributed by atoms with Crippen LogP contribution in [0, 0.1) is 0 Å². The summed E-state index contributed by atoms with van der Waals surface area (Å²) in [5.41, 5.74) is 2.98. The van der Waals surface area contributed by atoms with E-state index in [-0.39, 0.29) is 0 Å². The molecule has 5 aromatic rings. The lowest BCUT2D eigenvalue weighted by molar-refractivity contribution is 1.32. The average molecular weight is 572 g/mol. The highest BCUT2D eigenvalue weighted by Gasteiger charge is 2.18. The third-order valence-electron chi connectivity index (χ3n) is 4.36. The van der Waals surface area contributed by atoms with E-state index in [1.807, 2.05) is 30.3 Å². The summed E-state index contributed by atoms with van der Waals surface area (Å²) in [6.07, 6.45) is 0. The predicted octanol–water partition coefficient (Wildman–Crippen LogP) is 8.54. The van der Waals surface area contributed by atoms with Crippen molar-refractivity contribution in [2.24, 2.45) is 0 Å². The molecule has 3 aromatic carbocycles. The molecule has 0 aliphatic carbocycles. The zero-order chi connectivity index (χ0) is 18.0. The first-order valence-electron chi connectivity index (χ1n) is 7.67. The Labute approximate surface area is 183 Å². The molecule has 7 heteroatoms. The van der Waals surface area contributed by atoms with Crippen molar-refractivity contribution < 1.29 is 0 Å². The first-order chi connectivity index (χ1) is 12.5. The molecule has 0 unspecified atom stereocenters. The van der Waals surface area contributed by atoms with Crippen LogP contribution >= 0.6 is 70.7 Å². The second kappa shape index (κ2) is 6.31. The lowest BCUT2D eigenvalue weighted by Gasteiger charge is -2.03. The average Bonchev–Trinajstić information content (AvgIpc) is 3.18. The van der Waals surface area contributed by atoms with E-state index in [0.29, 0.717) is 0 Å². The van der Waals surface area contributed by atoms with Crippen molar-refractivity contribution in [3.05, 3.63) is 60.2 Å². The van der Waals surface area contributed by atoms with Crippen molar-refractivity contribution in [2.75, 3.05) is 0 Å². The Morgan fingerprint density at radius 1 is 0.923 bits per heavy atom. The number of aromatic amines is 1. The number of nitrogens with one attached hydrogen (secondary N) is 1. The zero-order valence-corrected chi connectivity index (χ0v) is 19.2. The van der Waals surface area contributed by atoms with Gasteiger partial charge in [-0.2, -0.15) is 0 Å². The molecule has 0 spiro atoms. The van der Waals surface area contributed by atoms with Crippen LogP contribution in [-0.2, 0) is 0 Å². The van der Waals surface area contributed by atoms with Crippen LogP contribution in [0.5, 0.6) is 0 Å². The fraction of sp³-hybridized carbons (Fsp3) is 0.